The molecule has 6 heteroatoms. The number of nitrogens with zero attached hydrogens (tertiary/aromatic N) is 2. The number of hydrogen-bond acceptors (Lipinski definition) is 5. The molecule has 0 saturated carbocycles. The highest BCUT2D eigenvalue weighted by molar-refractivity contribution is 9.10. The van der Waals surface area contributed by atoms with E-state index in [-0.39, 0.29) is 12.0 Å². The van der Waals surface area contributed by atoms with Crippen LogP contribution in [0.1, 0.15) is 31.9 Å². The van der Waals surface area contributed by atoms with Crippen molar-refractivity contribution in [1.82, 2.24) is 9.97 Å². The Kier molecular flexibility index (Phi) is 5.38. The summed E-state index contributed by atoms with van der Waals surface area (Å²) < 4.78 is 1.07. The van der Waals surface area contributed by atoms with Gasteiger partial charge in [-0.2, -0.15) is 9.97 Å². The van der Waals surface area contributed by atoms with E-state index in [4.69, 9.17) is 5.73 Å². The van der Waals surface area contributed by atoms with E-state index in [0.717, 1.165) is 29.1 Å². The van der Waals surface area contributed by atoms with Crippen LogP contribution in [0.2, 0.25) is 0 Å². The molecule has 2 rings (SSSR count). The van der Waals surface area contributed by atoms with Gasteiger partial charge in [-0.25, -0.2) is 0 Å². The smallest absolute Gasteiger partial charge is 0.223 e. The summed E-state index contributed by atoms with van der Waals surface area (Å²) in [4.78, 5) is 8.40. The first kappa shape index (κ1) is 15.6. The van der Waals surface area contributed by atoms with Gasteiger partial charge in [-0.3, -0.25) is 0 Å². The van der Waals surface area contributed by atoms with Gasteiger partial charge in [0, 0.05) is 23.1 Å². The fraction of sp³-hybridized carbons (Fsp3) is 0.333. The second kappa shape index (κ2) is 7.26. The molecule has 21 heavy (non-hydrogen) atoms. The standard InChI is InChI=1S/C15H20BrN5/c1-3-8-18-13-9-14(21-15(17)20-13)19-10(2)11-4-6-12(16)7-5-11/h4-7,9-10H,3,8H2,1-2H3,(H4,17,18,19,20,21). The van der Waals surface area contributed by atoms with E-state index in [1.807, 2.05) is 18.2 Å². The lowest BCUT2D eigenvalue weighted by atomic mass is 10.1. The van der Waals surface area contributed by atoms with Crippen LogP contribution in [-0.2, 0) is 0 Å². The third-order valence-electron chi connectivity index (χ3n) is 3.03. The van der Waals surface area contributed by atoms with Gasteiger partial charge in [-0.05, 0) is 31.0 Å². The van der Waals surface area contributed by atoms with E-state index in [9.17, 15) is 0 Å². The topological polar surface area (TPSA) is 75.9 Å². The van der Waals surface area contributed by atoms with Crippen LogP contribution in [0.3, 0.4) is 0 Å². The maximum atomic E-state index is 5.76. The van der Waals surface area contributed by atoms with Gasteiger partial charge in [-0.1, -0.05) is 35.0 Å². The summed E-state index contributed by atoms with van der Waals surface area (Å²) in [7, 11) is 0. The molecule has 0 bridgehead atoms. The zero-order valence-corrected chi connectivity index (χ0v) is 13.8. The van der Waals surface area contributed by atoms with Gasteiger partial charge in [0.1, 0.15) is 11.6 Å². The highest BCUT2D eigenvalue weighted by Gasteiger charge is 2.08. The highest BCUT2D eigenvalue weighted by Crippen LogP contribution is 2.21. The lowest BCUT2D eigenvalue weighted by Gasteiger charge is -2.16. The minimum Gasteiger partial charge on any atom is -0.370 e. The lowest BCUT2D eigenvalue weighted by Crippen LogP contribution is -2.11. The highest BCUT2D eigenvalue weighted by atomic mass is 79.9. The fourth-order valence-electron chi connectivity index (χ4n) is 1.94. The molecule has 0 aliphatic heterocycles. The molecule has 1 aromatic heterocycles. The Hall–Kier alpha value is -1.82. The van der Waals surface area contributed by atoms with E-state index < -0.39 is 0 Å². The van der Waals surface area contributed by atoms with Crippen molar-refractivity contribution in [2.24, 2.45) is 0 Å². The third-order valence-corrected chi connectivity index (χ3v) is 3.56. The molecule has 0 spiro atoms. The molecule has 0 radical (unpaired) electrons. The lowest BCUT2D eigenvalue weighted by molar-refractivity contribution is 0.872. The second-order valence-corrected chi connectivity index (χ2v) is 5.76. The van der Waals surface area contributed by atoms with E-state index in [1.54, 1.807) is 0 Å². The molecule has 1 heterocycles. The molecule has 0 aliphatic rings. The molecule has 5 nitrogen and oxygen atoms in total. The van der Waals surface area contributed by atoms with Crippen molar-refractivity contribution in [2.45, 2.75) is 26.3 Å². The fourth-order valence-corrected chi connectivity index (χ4v) is 2.20. The van der Waals surface area contributed by atoms with E-state index in [0.29, 0.717) is 0 Å². The monoisotopic (exact) mass is 349 g/mol. The number of benzene rings is 1. The number of halogens is 1. The Balaban J connectivity index is 2.10. The minimum atomic E-state index is 0.131. The number of nitrogens with two attached hydrogens (primary N) is 1. The first-order chi connectivity index (χ1) is 10.1. The van der Waals surface area contributed by atoms with Crippen molar-refractivity contribution < 1.29 is 0 Å². The van der Waals surface area contributed by atoms with Crippen molar-refractivity contribution in [3.8, 4) is 0 Å². The van der Waals surface area contributed by atoms with Crippen LogP contribution in [0.25, 0.3) is 0 Å². The number of rotatable bonds is 6. The van der Waals surface area contributed by atoms with Crippen molar-refractivity contribution in [3.05, 3.63) is 40.4 Å². The van der Waals surface area contributed by atoms with Crippen LogP contribution in [0.5, 0.6) is 0 Å². The summed E-state index contributed by atoms with van der Waals surface area (Å²) >= 11 is 3.44. The molecule has 4 N–H and O–H groups in total. The van der Waals surface area contributed by atoms with Crippen LogP contribution in [0, 0.1) is 0 Å². The predicted molar refractivity (Wildman–Crippen MR) is 91.4 cm³/mol. The third kappa shape index (κ3) is 4.60. The molecule has 1 aromatic carbocycles. The van der Waals surface area contributed by atoms with E-state index in [2.05, 4.69) is 62.5 Å². The van der Waals surface area contributed by atoms with Gasteiger partial charge in [0.05, 0.1) is 0 Å². The van der Waals surface area contributed by atoms with Gasteiger partial charge < -0.3 is 16.4 Å². The Morgan fingerprint density at radius 1 is 1.19 bits per heavy atom. The van der Waals surface area contributed by atoms with Crippen LogP contribution in [0.15, 0.2) is 34.8 Å². The van der Waals surface area contributed by atoms with Gasteiger partial charge in [-0.15, -0.1) is 0 Å². The van der Waals surface area contributed by atoms with Gasteiger partial charge in [0.2, 0.25) is 5.95 Å². The molecule has 1 unspecified atom stereocenters. The Morgan fingerprint density at radius 3 is 2.52 bits per heavy atom. The van der Waals surface area contributed by atoms with Crippen molar-refractivity contribution in [2.75, 3.05) is 22.9 Å². The molecule has 2 aromatic rings. The molecule has 0 aliphatic carbocycles. The van der Waals surface area contributed by atoms with Crippen LogP contribution < -0.4 is 16.4 Å². The van der Waals surface area contributed by atoms with Gasteiger partial charge >= 0.3 is 0 Å². The SMILES string of the molecule is CCCNc1cc(NC(C)c2ccc(Br)cc2)nc(N)n1. The molecule has 0 saturated heterocycles. The average molecular weight is 350 g/mol. The maximum Gasteiger partial charge on any atom is 0.223 e. The minimum absolute atomic E-state index is 0.131. The molecule has 0 fully saturated rings. The quantitative estimate of drug-likeness (QED) is 0.739. The normalized spacial score (nSPS) is 12.0. The predicted octanol–water partition coefficient (Wildman–Crippen LogP) is 3.82. The Labute approximate surface area is 133 Å². The molecule has 112 valence electrons. The molecular formula is C15H20BrN5. The van der Waals surface area contributed by atoms with Crippen molar-refractivity contribution in [1.29, 1.82) is 0 Å². The first-order valence-corrected chi connectivity index (χ1v) is 7.78. The van der Waals surface area contributed by atoms with Gasteiger partial charge in [0.25, 0.3) is 0 Å². The number of hydrogen-bond donors (Lipinski definition) is 3. The van der Waals surface area contributed by atoms with Crippen LogP contribution in [0.4, 0.5) is 17.6 Å². The zero-order chi connectivity index (χ0) is 15.2. The van der Waals surface area contributed by atoms with Crippen LogP contribution in [-0.4, -0.2) is 16.5 Å². The van der Waals surface area contributed by atoms with Gasteiger partial charge in [0.15, 0.2) is 0 Å². The van der Waals surface area contributed by atoms with Crippen molar-refractivity contribution >= 4 is 33.5 Å². The largest absolute Gasteiger partial charge is 0.370 e. The molecule has 1 atom stereocenters. The number of aromatic nitrogens is 2. The van der Waals surface area contributed by atoms with E-state index in [1.165, 1.54) is 5.56 Å². The first-order valence-electron chi connectivity index (χ1n) is 6.99. The number of nitrogens with one attached hydrogen (secondary N) is 2. The summed E-state index contributed by atoms with van der Waals surface area (Å²) in [5.74, 6) is 1.73. The summed E-state index contributed by atoms with van der Waals surface area (Å²) in [5.41, 5.74) is 6.94. The van der Waals surface area contributed by atoms with Crippen molar-refractivity contribution in [3.63, 3.8) is 0 Å². The summed E-state index contributed by atoms with van der Waals surface area (Å²) in [6.07, 6.45) is 1.03. The molecular weight excluding hydrogens is 330 g/mol. The molecule has 0 amide bonds. The Bertz CT molecular complexity index is 585. The summed E-state index contributed by atoms with van der Waals surface area (Å²) in [6, 6.07) is 10.2. The number of anilines is 3. The summed E-state index contributed by atoms with van der Waals surface area (Å²) in [5, 5.41) is 6.57. The number of nitrogen functional groups attached to an aromatic ring is 1. The Morgan fingerprint density at radius 2 is 1.86 bits per heavy atom. The summed E-state index contributed by atoms with van der Waals surface area (Å²) in [6.45, 7) is 5.05. The maximum absolute atomic E-state index is 5.76. The van der Waals surface area contributed by atoms with E-state index >= 15 is 0 Å². The zero-order valence-electron chi connectivity index (χ0n) is 12.2. The second-order valence-electron chi connectivity index (χ2n) is 4.84. The van der Waals surface area contributed by atoms with Crippen LogP contribution >= 0.6 is 15.9 Å². The average Bonchev–Trinajstić information content (AvgIpc) is 2.45.